The van der Waals surface area contributed by atoms with Gasteiger partial charge in [0, 0.05) is 30.1 Å². The summed E-state index contributed by atoms with van der Waals surface area (Å²) in [5.41, 5.74) is 1.32. The Kier molecular flexibility index (Phi) is 6.49. The molecule has 0 bridgehead atoms. The van der Waals surface area contributed by atoms with Crippen molar-refractivity contribution in [3.8, 4) is 0 Å². The first kappa shape index (κ1) is 16.8. The van der Waals surface area contributed by atoms with Crippen molar-refractivity contribution in [1.82, 2.24) is 10.3 Å². The molecule has 1 N–H and O–H groups in total. The molecule has 0 aliphatic carbocycles. The lowest BCUT2D eigenvalue weighted by Gasteiger charge is -2.26. The molecular weight excluding hydrogens is 278 g/mol. The molecule has 3 nitrogen and oxygen atoms in total. The number of thiazole rings is 1. The molecule has 1 unspecified atom stereocenters. The van der Waals surface area contributed by atoms with Crippen molar-refractivity contribution in [2.24, 2.45) is 0 Å². The number of aryl methyl sites for hydroxylation is 1. The molecule has 0 radical (unpaired) electrons. The van der Waals surface area contributed by atoms with Crippen molar-refractivity contribution in [3.63, 3.8) is 0 Å². The van der Waals surface area contributed by atoms with Gasteiger partial charge in [-0.25, -0.2) is 4.98 Å². The van der Waals surface area contributed by atoms with Crippen molar-refractivity contribution in [1.29, 1.82) is 0 Å². The van der Waals surface area contributed by atoms with Crippen LogP contribution in [-0.2, 0) is 13.0 Å². The number of rotatable bonds is 6. The van der Waals surface area contributed by atoms with E-state index in [1.54, 1.807) is 0 Å². The first-order valence-electron chi connectivity index (χ1n) is 8.60. The van der Waals surface area contributed by atoms with E-state index >= 15 is 0 Å². The molecule has 1 aliphatic rings. The molecule has 2 rings (SSSR count). The minimum atomic E-state index is 0.530. The van der Waals surface area contributed by atoms with E-state index in [1.165, 1.54) is 54.4 Å². The van der Waals surface area contributed by atoms with E-state index < -0.39 is 0 Å². The van der Waals surface area contributed by atoms with E-state index in [1.807, 2.05) is 11.3 Å². The summed E-state index contributed by atoms with van der Waals surface area (Å²) >= 11 is 1.91. The quantitative estimate of drug-likeness (QED) is 0.846. The third-order valence-corrected chi connectivity index (χ3v) is 5.36. The van der Waals surface area contributed by atoms with Crippen LogP contribution in [0, 0.1) is 0 Å². The van der Waals surface area contributed by atoms with Crippen LogP contribution < -0.4 is 10.2 Å². The molecule has 2 heterocycles. The molecule has 0 saturated carbocycles. The molecule has 1 fully saturated rings. The van der Waals surface area contributed by atoms with E-state index in [-0.39, 0.29) is 0 Å². The average molecular weight is 310 g/mol. The summed E-state index contributed by atoms with van der Waals surface area (Å²) in [6, 6.07) is 1.17. The number of anilines is 1. The van der Waals surface area contributed by atoms with Gasteiger partial charge in [0.05, 0.1) is 5.69 Å². The highest BCUT2D eigenvalue weighted by Gasteiger charge is 2.22. The molecule has 1 atom stereocenters. The highest BCUT2D eigenvalue weighted by molar-refractivity contribution is 7.15. The molecular formula is C17H31N3S. The van der Waals surface area contributed by atoms with Crippen LogP contribution >= 0.6 is 11.3 Å². The van der Waals surface area contributed by atoms with E-state index in [0.29, 0.717) is 12.1 Å². The van der Waals surface area contributed by atoms with Crippen molar-refractivity contribution >= 4 is 16.5 Å². The van der Waals surface area contributed by atoms with Crippen LogP contribution in [0.5, 0.6) is 0 Å². The van der Waals surface area contributed by atoms with Gasteiger partial charge in [-0.3, -0.25) is 0 Å². The summed E-state index contributed by atoms with van der Waals surface area (Å²) in [6.07, 6.45) is 7.64. The lowest BCUT2D eigenvalue weighted by atomic mass is 10.1. The second-order valence-electron chi connectivity index (χ2n) is 6.54. The van der Waals surface area contributed by atoms with Crippen LogP contribution in [-0.4, -0.2) is 23.6 Å². The van der Waals surface area contributed by atoms with Crippen molar-refractivity contribution in [3.05, 3.63) is 10.6 Å². The Balaban J connectivity index is 2.16. The molecule has 0 amide bonds. The van der Waals surface area contributed by atoms with Gasteiger partial charge < -0.3 is 10.2 Å². The summed E-state index contributed by atoms with van der Waals surface area (Å²) < 4.78 is 0. The van der Waals surface area contributed by atoms with Crippen LogP contribution in [0.15, 0.2) is 0 Å². The minimum Gasteiger partial charge on any atom is -0.345 e. The normalized spacial score (nSPS) is 20.0. The Bertz CT molecular complexity index is 428. The van der Waals surface area contributed by atoms with Gasteiger partial charge in [0.15, 0.2) is 5.13 Å². The predicted octanol–water partition coefficient (Wildman–Crippen LogP) is 4.36. The monoisotopic (exact) mass is 309 g/mol. The molecule has 1 aromatic heterocycles. The van der Waals surface area contributed by atoms with Crippen molar-refractivity contribution in [2.75, 3.05) is 11.4 Å². The zero-order valence-electron chi connectivity index (χ0n) is 14.1. The standard InChI is InChI=1S/C17H31N3S/c1-5-9-15-16(12-18-13(2)3)21-17(19-15)20-11-8-6-7-10-14(20)4/h13-14,18H,5-12H2,1-4H3. The highest BCUT2D eigenvalue weighted by atomic mass is 32.1. The van der Waals surface area contributed by atoms with E-state index in [2.05, 4.69) is 37.9 Å². The second kappa shape index (κ2) is 8.14. The van der Waals surface area contributed by atoms with Gasteiger partial charge in [-0.15, -0.1) is 11.3 Å². The van der Waals surface area contributed by atoms with Crippen LogP contribution in [0.3, 0.4) is 0 Å². The molecule has 0 aromatic carbocycles. The highest BCUT2D eigenvalue weighted by Crippen LogP contribution is 2.31. The smallest absolute Gasteiger partial charge is 0.186 e. The summed E-state index contributed by atoms with van der Waals surface area (Å²) in [5.74, 6) is 0. The Morgan fingerprint density at radius 2 is 2.14 bits per heavy atom. The van der Waals surface area contributed by atoms with E-state index in [9.17, 15) is 0 Å². The van der Waals surface area contributed by atoms with Gasteiger partial charge in [0.1, 0.15) is 0 Å². The van der Waals surface area contributed by atoms with Crippen LogP contribution in [0.4, 0.5) is 5.13 Å². The summed E-state index contributed by atoms with van der Waals surface area (Å²) in [6.45, 7) is 11.2. The number of hydrogen-bond donors (Lipinski definition) is 1. The van der Waals surface area contributed by atoms with Gasteiger partial charge in [-0.05, 0) is 26.2 Å². The number of nitrogens with zero attached hydrogens (tertiary/aromatic N) is 2. The molecule has 21 heavy (non-hydrogen) atoms. The van der Waals surface area contributed by atoms with Crippen molar-refractivity contribution in [2.45, 2.75) is 84.8 Å². The maximum absolute atomic E-state index is 5.00. The third kappa shape index (κ3) is 4.68. The Morgan fingerprint density at radius 3 is 2.86 bits per heavy atom. The fourth-order valence-corrected chi connectivity index (χ4v) is 4.10. The zero-order chi connectivity index (χ0) is 15.2. The third-order valence-electron chi connectivity index (χ3n) is 4.22. The zero-order valence-corrected chi connectivity index (χ0v) is 14.9. The first-order chi connectivity index (χ1) is 10.1. The van der Waals surface area contributed by atoms with Crippen molar-refractivity contribution < 1.29 is 0 Å². The topological polar surface area (TPSA) is 28.2 Å². The van der Waals surface area contributed by atoms with Crippen LogP contribution in [0.25, 0.3) is 0 Å². The number of nitrogens with one attached hydrogen (secondary N) is 1. The average Bonchev–Trinajstić information content (AvgIpc) is 2.70. The largest absolute Gasteiger partial charge is 0.345 e. The predicted molar refractivity (Wildman–Crippen MR) is 93.4 cm³/mol. The SMILES string of the molecule is CCCc1nc(N2CCCCCC2C)sc1CNC(C)C. The van der Waals surface area contributed by atoms with Crippen LogP contribution in [0.1, 0.15) is 70.4 Å². The maximum atomic E-state index is 5.00. The molecule has 1 saturated heterocycles. The van der Waals surface area contributed by atoms with Gasteiger partial charge >= 0.3 is 0 Å². The Labute approximate surface area is 134 Å². The van der Waals surface area contributed by atoms with Gasteiger partial charge in [-0.1, -0.05) is 40.0 Å². The number of aromatic nitrogens is 1. The van der Waals surface area contributed by atoms with E-state index in [4.69, 9.17) is 4.98 Å². The molecule has 120 valence electrons. The van der Waals surface area contributed by atoms with Crippen LogP contribution in [0.2, 0.25) is 0 Å². The fraction of sp³-hybridized carbons (Fsp3) is 0.824. The molecule has 0 spiro atoms. The van der Waals surface area contributed by atoms with Gasteiger partial charge in [0.2, 0.25) is 0 Å². The Morgan fingerprint density at radius 1 is 1.33 bits per heavy atom. The van der Waals surface area contributed by atoms with Gasteiger partial charge in [-0.2, -0.15) is 0 Å². The molecule has 1 aliphatic heterocycles. The lowest BCUT2D eigenvalue weighted by Crippen LogP contribution is -2.32. The maximum Gasteiger partial charge on any atom is 0.186 e. The lowest BCUT2D eigenvalue weighted by molar-refractivity contribution is 0.589. The fourth-order valence-electron chi connectivity index (χ4n) is 2.92. The summed E-state index contributed by atoms with van der Waals surface area (Å²) in [4.78, 5) is 8.99. The second-order valence-corrected chi connectivity index (χ2v) is 7.61. The minimum absolute atomic E-state index is 0.530. The molecule has 1 aromatic rings. The number of hydrogen-bond acceptors (Lipinski definition) is 4. The summed E-state index contributed by atoms with van der Waals surface area (Å²) in [5, 5.41) is 4.81. The van der Waals surface area contributed by atoms with E-state index in [0.717, 1.165) is 13.0 Å². The summed E-state index contributed by atoms with van der Waals surface area (Å²) in [7, 11) is 0. The molecule has 4 heteroatoms. The first-order valence-corrected chi connectivity index (χ1v) is 9.42. The Hall–Kier alpha value is -0.610. The van der Waals surface area contributed by atoms with Gasteiger partial charge in [0.25, 0.3) is 0 Å².